The zero-order valence-corrected chi connectivity index (χ0v) is 15.1. The van der Waals surface area contributed by atoms with Crippen molar-refractivity contribution in [2.24, 2.45) is 0 Å². The van der Waals surface area contributed by atoms with Gasteiger partial charge in [0.05, 0.1) is 0 Å². The summed E-state index contributed by atoms with van der Waals surface area (Å²) in [5.41, 5.74) is -1.06. The first-order valence-corrected chi connectivity index (χ1v) is 10.4. The fourth-order valence-corrected chi connectivity index (χ4v) is 5.00. The van der Waals surface area contributed by atoms with Gasteiger partial charge in [0.1, 0.15) is 22.1 Å². The fraction of sp³-hybridized carbons (Fsp3) is 0.125. The van der Waals surface area contributed by atoms with E-state index in [2.05, 4.69) is 4.72 Å². The summed E-state index contributed by atoms with van der Waals surface area (Å²) in [5.74, 6) is -2.06. The van der Waals surface area contributed by atoms with Crippen molar-refractivity contribution in [3.63, 3.8) is 0 Å². The van der Waals surface area contributed by atoms with Crippen LogP contribution in [-0.2, 0) is 15.6 Å². The van der Waals surface area contributed by atoms with Crippen molar-refractivity contribution in [3.05, 3.63) is 74.6 Å². The Labute approximate surface area is 151 Å². The standard InChI is InChI=1S/C16H13F2NO3S3/c17-12-3-4-14(13(18)8-12)25(21,22)19-10-16(20,11-5-7-23-9-11)15-2-1-6-24-15/h1-9,19-20H,10H2. The molecule has 0 amide bonds. The molecular formula is C16H13F2NO3S3. The van der Waals surface area contributed by atoms with Crippen molar-refractivity contribution in [2.45, 2.75) is 10.5 Å². The van der Waals surface area contributed by atoms with Crippen LogP contribution in [0.2, 0.25) is 0 Å². The summed E-state index contributed by atoms with van der Waals surface area (Å²) in [4.78, 5) is -0.124. The molecule has 2 N–H and O–H groups in total. The van der Waals surface area contributed by atoms with E-state index >= 15 is 0 Å². The highest BCUT2D eigenvalue weighted by atomic mass is 32.2. The fourth-order valence-electron chi connectivity index (χ4n) is 2.32. The minimum atomic E-state index is -4.27. The Bertz CT molecular complexity index is 920. The van der Waals surface area contributed by atoms with Crippen molar-refractivity contribution < 1.29 is 22.3 Å². The predicted molar refractivity (Wildman–Crippen MR) is 93.2 cm³/mol. The van der Waals surface area contributed by atoms with E-state index in [-0.39, 0.29) is 6.54 Å². The van der Waals surface area contributed by atoms with E-state index in [1.165, 1.54) is 22.7 Å². The molecule has 2 heterocycles. The topological polar surface area (TPSA) is 66.4 Å². The van der Waals surface area contributed by atoms with Crippen LogP contribution in [0.5, 0.6) is 0 Å². The van der Waals surface area contributed by atoms with Crippen LogP contribution in [-0.4, -0.2) is 20.1 Å². The molecule has 0 fully saturated rings. The monoisotopic (exact) mass is 401 g/mol. The van der Waals surface area contributed by atoms with E-state index in [0.717, 1.165) is 12.1 Å². The Balaban J connectivity index is 1.91. The summed E-state index contributed by atoms with van der Waals surface area (Å²) in [6.07, 6.45) is 0. The minimum Gasteiger partial charge on any atom is -0.378 e. The molecule has 25 heavy (non-hydrogen) atoms. The maximum atomic E-state index is 13.8. The van der Waals surface area contributed by atoms with Gasteiger partial charge in [0.25, 0.3) is 0 Å². The largest absolute Gasteiger partial charge is 0.378 e. The van der Waals surface area contributed by atoms with Gasteiger partial charge in [-0.15, -0.1) is 11.3 Å². The summed E-state index contributed by atoms with van der Waals surface area (Å²) in [6, 6.07) is 7.33. The zero-order chi connectivity index (χ0) is 18.1. The Morgan fingerprint density at radius 3 is 2.56 bits per heavy atom. The molecule has 0 radical (unpaired) electrons. The van der Waals surface area contributed by atoms with E-state index in [0.29, 0.717) is 16.5 Å². The van der Waals surface area contributed by atoms with Gasteiger partial charge < -0.3 is 5.11 Å². The lowest BCUT2D eigenvalue weighted by atomic mass is 9.95. The Morgan fingerprint density at radius 2 is 1.96 bits per heavy atom. The number of rotatable bonds is 6. The van der Waals surface area contributed by atoms with Crippen molar-refractivity contribution in [3.8, 4) is 0 Å². The maximum Gasteiger partial charge on any atom is 0.243 e. The van der Waals surface area contributed by atoms with Gasteiger partial charge in [0.15, 0.2) is 0 Å². The van der Waals surface area contributed by atoms with E-state index in [9.17, 15) is 22.3 Å². The third-order valence-electron chi connectivity index (χ3n) is 3.63. The highest BCUT2D eigenvalue weighted by Crippen LogP contribution is 2.34. The van der Waals surface area contributed by atoms with Crippen LogP contribution in [0.25, 0.3) is 0 Å². The molecule has 0 saturated carbocycles. The smallest absolute Gasteiger partial charge is 0.243 e. The van der Waals surface area contributed by atoms with Crippen LogP contribution in [0, 0.1) is 11.6 Å². The molecule has 0 aliphatic carbocycles. The first-order valence-electron chi connectivity index (χ1n) is 7.07. The summed E-state index contributed by atoms with van der Waals surface area (Å²) in [7, 11) is -4.27. The normalized spacial score (nSPS) is 14.4. The van der Waals surface area contributed by atoms with Gasteiger partial charge in [0.2, 0.25) is 10.0 Å². The lowest BCUT2D eigenvalue weighted by molar-refractivity contribution is 0.0903. The van der Waals surface area contributed by atoms with Gasteiger partial charge >= 0.3 is 0 Å². The van der Waals surface area contributed by atoms with Gasteiger partial charge in [-0.1, -0.05) is 6.07 Å². The molecule has 9 heteroatoms. The number of aliphatic hydroxyl groups is 1. The molecule has 132 valence electrons. The van der Waals surface area contributed by atoms with E-state index in [1.54, 1.807) is 34.3 Å². The second-order valence-electron chi connectivity index (χ2n) is 5.25. The number of sulfonamides is 1. The molecule has 0 saturated heterocycles. The molecule has 0 aliphatic rings. The van der Waals surface area contributed by atoms with E-state index in [4.69, 9.17) is 0 Å². The van der Waals surface area contributed by atoms with Crippen LogP contribution < -0.4 is 4.72 Å². The zero-order valence-electron chi connectivity index (χ0n) is 12.6. The molecule has 1 unspecified atom stereocenters. The average Bonchev–Trinajstić information content (AvgIpc) is 3.26. The Hall–Kier alpha value is -1.65. The molecule has 1 atom stereocenters. The van der Waals surface area contributed by atoms with Crippen LogP contribution >= 0.6 is 22.7 Å². The van der Waals surface area contributed by atoms with Crippen LogP contribution in [0.3, 0.4) is 0 Å². The highest BCUT2D eigenvalue weighted by molar-refractivity contribution is 7.89. The Kier molecular flexibility index (Phi) is 5.03. The average molecular weight is 401 g/mol. The number of thiophene rings is 2. The van der Waals surface area contributed by atoms with E-state index in [1.807, 2.05) is 0 Å². The maximum absolute atomic E-state index is 13.8. The molecule has 0 aliphatic heterocycles. The number of halogens is 2. The summed E-state index contributed by atoms with van der Waals surface area (Å²) < 4.78 is 53.8. The van der Waals surface area contributed by atoms with Crippen molar-refractivity contribution >= 4 is 32.7 Å². The Morgan fingerprint density at radius 1 is 1.16 bits per heavy atom. The summed E-state index contributed by atoms with van der Waals surface area (Å²) in [6.45, 7) is -0.386. The van der Waals surface area contributed by atoms with Gasteiger partial charge in [-0.3, -0.25) is 0 Å². The molecule has 3 aromatic rings. The second kappa shape index (κ2) is 6.93. The number of benzene rings is 1. The number of hydrogen-bond acceptors (Lipinski definition) is 5. The van der Waals surface area contributed by atoms with Crippen molar-refractivity contribution in [1.29, 1.82) is 0 Å². The van der Waals surface area contributed by atoms with Crippen molar-refractivity contribution in [2.75, 3.05) is 6.54 Å². The summed E-state index contributed by atoms with van der Waals surface area (Å²) in [5, 5.41) is 16.3. The molecule has 0 bridgehead atoms. The summed E-state index contributed by atoms with van der Waals surface area (Å²) >= 11 is 2.64. The number of hydrogen-bond donors (Lipinski definition) is 2. The van der Waals surface area contributed by atoms with Crippen LogP contribution in [0.4, 0.5) is 8.78 Å². The first-order chi connectivity index (χ1) is 11.8. The van der Waals surface area contributed by atoms with Gasteiger partial charge in [-0.25, -0.2) is 21.9 Å². The van der Waals surface area contributed by atoms with Gasteiger partial charge in [0, 0.05) is 23.1 Å². The number of nitrogens with one attached hydrogen (secondary N) is 1. The van der Waals surface area contributed by atoms with Crippen LogP contribution in [0.15, 0.2) is 57.4 Å². The third kappa shape index (κ3) is 3.65. The van der Waals surface area contributed by atoms with Crippen LogP contribution in [0.1, 0.15) is 10.4 Å². The molecule has 0 spiro atoms. The molecule has 3 rings (SSSR count). The molecule has 1 aromatic carbocycles. The van der Waals surface area contributed by atoms with E-state index < -0.39 is 32.2 Å². The highest BCUT2D eigenvalue weighted by Gasteiger charge is 2.35. The minimum absolute atomic E-state index is 0.386. The first kappa shape index (κ1) is 18.2. The molecule has 2 aromatic heterocycles. The quantitative estimate of drug-likeness (QED) is 0.666. The predicted octanol–water partition coefficient (Wildman–Crippen LogP) is 3.30. The molecular weight excluding hydrogens is 388 g/mol. The van der Waals surface area contributed by atoms with Gasteiger partial charge in [-0.05, 0) is 40.4 Å². The second-order valence-corrected chi connectivity index (χ2v) is 8.71. The third-order valence-corrected chi connectivity index (χ3v) is 6.77. The molecule has 4 nitrogen and oxygen atoms in total. The van der Waals surface area contributed by atoms with Crippen molar-refractivity contribution in [1.82, 2.24) is 4.72 Å². The van der Waals surface area contributed by atoms with Gasteiger partial charge in [-0.2, -0.15) is 11.3 Å². The lowest BCUT2D eigenvalue weighted by Gasteiger charge is -2.27. The SMILES string of the molecule is O=S(=O)(NCC(O)(c1ccsc1)c1cccs1)c1ccc(F)cc1F. The lowest BCUT2D eigenvalue weighted by Crippen LogP contribution is -2.41.